The van der Waals surface area contributed by atoms with Gasteiger partial charge in [0.15, 0.2) is 0 Å². The molecule has 0 bridgehead atoms. The second-order valence-electron chi connectivity index (χ2n) is 6.26. The highest BCUT2D eigenvalue weighted by Gasteiger charge is 2.41. The third-order valence-corrected chi connectivity index (χ3v) is 4.99. The van der Waals surface area contributed by atoms with Crippen molar-refractivity contribution in [3.8, 4) is 0 Å². The van der Waals surface area contributed by atoms with E-state index < -0.39 is 0 Å². The lowest BCUT2D eigenvalue weighted by molar-refractivity contribution is -0.131. The summed E-state index contributed by atoms with van der Waals surface area (Å²) < 4.78 is 0. The molecule has 1 aromatic rings. The third-order valence-electron chi connectivity index (χ3n) is 4.29. The van der Waals surface area contributed by atoms with E-state index in [1.807, 2.05) is 4.90 Å². The van der Waals surface area contributed by atoms with Crippen molar-refractivity contribution in [1.29, 1.82) is 0 Å². The van der Waals surface area contributed by atoms with Crippen LogP contribution in [0.4, 0.5) is 0 Å². The molecule has 1 amide bonds. The zero-order chi connectivity index (χ0) is 14.9. The van der Waals surface area contributed by atoms with Crippen molar-refractivity contribution in [3.05, 3.63) is 22.4 Å². The molecule has 2 atom stereocenters. The summed E-state index contributed by atoms with van der Waals surface area (Å²) in [6, 6.07) is 2.04. The van der Waals surface area contributed by atoms with E-state index in [2.05, 4.69) is 61.9 Å². The maximum atomic E-state index is 12.6. The Morgan fingerprint density at radius 1 is 1.45 bits per heavy atom. The zero-order valence-electron chi connectivity index (χ0n) is 13.0. The number of amides is 1. The molecule has 1 aliphatic heterocycles. The van der Waals surface area contributed by atoms with Gasteiger partial charge in [-0.1, -0.05) is 6.92 Å². The summed E-state index contributed by atoms with van der Waals surface area (Å²) in [4.78, 5) is 16.8. The molecule has 2 rings (SSSR count). The number of hydrogen-bond donors (Lipinski definition) is 1. The van der Waals surface area contributed by atoms with Crippen molar-refractivity contribution in [2.24, 2.45) is 0 Å². The summed E-state index contributed by atoms with van der Waals surface area (Å²) in [5, 5.41) is 7.66. The quantitative estimate of drug-likeness (QED) is 0.905. The Kier molecular flexibility index (Phi) is 4.52. The fraction of sp³-hybridized carbons (Fsp3) is 0.667. The molecule has 0 aliphatic carbocycles. The van der Waals surface area contributed by atoms with Gasteiger partial charge in [0, 0.05) is 12.1 Å². The average Bonchev–Trinajstić information content (AvgIpc) is 2.99. The number of likely N-dealkylation sites (N-methyl/N-ethyl adjacent to an activating group) is 1. The van der Waals surface area contributed by atoms with Gasteiger partial charge < -0.3 is 9.80 Å². The van der Waals surface area contributed by atoms with E-state index in [0.29, 0.717) is 0 Å². The Morgan fingerprint density at radius 3 is 2.65 bits per heavy atom. The van der Waals surface area contributed by atoms with Gasteiger partial charge in [0.05, 0.1) is 6.04 Å². The summed E-state index contributed by atoms with van der Waals surface area (Å²) in [6.07, 6.45) is 0.844. The first-order valence-corrected chi connectivity index (χ1v) is 8.07. The minimum atomic E-state index is -0.0575. The van der Waals surface area contributed by atoms with Gasteiger partial charge in [-0.3, -0.25) is 10.1 Å². The minimum Gasteiger partial charge on any atom is -0.320 e. The molecule has 0 spiro atoms. The SMILES string of the molecule is CCC1NC(c2ccsc2)N(CC(C)(C)N(C)C)C1=O. The Hall–Kier alpha value is -0.910. The monoisotopic (exact) mass is 295 g/mol. The predicted octanol–water partition coefficient (Wildman–Crippen LogP) is 2.30. The molecule has 0 saturated carbocycles. The van der Waals surface area contributed by atoms with Crippen molar-refractivity contribution >= 4 is 17.2 Å². The highest BCUT2D eigenvalue weighted by molar-refractivity contribution is 7.07. The molecule has 1 N–H and O–H groups in total. The normalized spacial score (nSPS) is 23.9. The van der Waals surface area contributed by atoms with E-state index in [4.69, 9.17) is 0 Å². The van der Waals surface area contributed by atoms with Crippen LogP contribution in [0.5, 0.6) is 0 Å². The average molecular weight is 295 g/mol. The van der Waals surface area contributed by atoms with Crippen LogP contribution in [0.25, 0.3) is 0 Å². The molecule has 1 saturated heterocycles. The largest absolute Gasteiger partial charge is 0.320 e. The van der Waals surface area contributed by atoms with Crippen LogP contribution in [-0.4, -0.2) is 47.9 Å². The van der Waals surface area contributed by atoms with Gasteiger partial charge in [-0.15, -0.1) is 0 Å². The van der Waals surface area contributed by atoms with Gasteiger partial charge in [0.25, 0.3) is 0 Å². The van der Waals surface area contributed by atoms with Crippen LogP contribution in [0.2, 0.25) is 0 Å². The molecule has 1 aliphatic rings. The van der Waals surface area contributed by atoms with Crippen LogP contribution >= 0.6 is 11.3 Å². The van der Waals surface area contributed by atoms with E-state index in [0.717, 1.165) is 13.0 Å². The number of nitrogens with zero attached hydrogens (tertiary/aromatic N) is 2. The summed E-state index contributed by atoms with van der Waals surface area (Å²) >= 11 is 1.67. The summed E-state index contributed by atoms with van der Waals surface area (Å²) in [5.41, 5.74) is 1.14. The van der Waals surface area contributed by atoms with E-state index in [-0.39, 0.29) is 23.7 Å². The molecule has 20 heavy (non-hydrogen) atoms. The third kappa shape index (κ3) is 2.90. The molecule has 5 heteroatoms. The zero-order valence-corrected chi connectivity index (χ0v) is 13.8. The molecule has 1 aromatic heterocycles. The number of carbonyl (C=O) groups is 1. The van der Waals surface area contributed by atoms with Gasteiger partial charge >= 0.3 is 0 Å². The molecule has 2 unspecified atom stereocenters. The lowest BCUT2D eigenvalue weighted by atomic mass is 10.0. The highest BCUT2D eigenvalue weighted by atomic mass is 32.1. The first-order chi connectivity index (χ1) is 9.36. The number of carbonyl (C=O) groups excluding carboxylic acids is 1. The Labute approximate surface area is 125 Å². The Bertz CT molecular complexity index is 456. The van der Waals surface area contributed by atoms with Crippen LogP contribution in [0.3, 0.4) is 0 Å². The van der Waals surface area contributed by atoms with Crippen molar-refractivity contribution in [2.45, 2.75) is 44.9 Å². The maximum absolute atomic E-state index is 12.6. The van der Waals surface area contributed by atoms with Crippen LogP contribution < -0.4 is 5.32 Å². The first kappa shape index (κ1) is 15.5. The highest BCUT2D eigenvalue weighted by Crippen LogP contribution is 2.30. The number of thiophene rings is 1. The molecule has 1 fully saturated rings. The van der Waals surface area contributed by atoms with Crippen LogP contribution in [-0.2, 0) is 4.79 Å². The molecule has 2 heterocycles. The standard InChI is InChI=1S/C15H25N3OS/c1-6-12-14(19)18(10-15(2,3)17(4)5)13(16-12)11-7-8-20-9-11/h7-9,12-13,16H,6,10H2,1-5H3. The van der Waals surface area contributed by atoms with Crippen molar-refractivity contribution in [2.75, 3.05) is 20.6 Å². The fourth-order valence-electron chi connectivity index (χ4n) is 2.41. The first-order valence-electron chi connectivity index (χ1n) is 7.13. The van der Waals surface area contributed by atoms with Crippen LogP contribution in [0, 0.1) is 0 Å². The van der Waals surface area contributed by atoms with Gasteiger partial charge in [0.2, 0.25) is 5.91 Å². The van der Waals surface area contributed by atoms with Gasteiger partial charge in [-0.05, 0) is 56.8 Å². The fourth-order valence-corrected chi connectivity index (χ4v) is 3.08. The van der Waals surface area contributed by atoms with Crippen molar-refractivity contribution in [3.63, 3.8) is 0 Å². The van der Waals surface area contributed by atoms with Gasteiger partial charge in [0.1, 0.15) is 6.17 Å². The number of hydrogen-bond acceptors (Lipinski definition) is 4. The number of nitrogens with one attached hydrogen (secondary N) is 1. The van der Waals surface area contributed by atoms with E-state index in [1.54, 1.807) is 11.3 Å². The summed E-state index contributed by atoms with van der Waals surface area (Å²) in [6.45, 7) is 7.12. The van der Waals surface area contributed by atoms with E-state index in [9.17, 15) is 4.79 Å². The number of rotatable bonds is 5. The summed E-state index contributed by atoms with van der Waals surface area (Å²) in [7, 11) is 4.12. The molecule has 4 nitrogen and oxygen atoms in total. The van der Waals surface area contributed by atoms with Crippen LogP contribution in [0.15, 0.2) is 16.8 Å². The smallest absolute Gasteiger partial charge is 0.241 e. The maximum Gasteiger partial charge on any atom is 0.241 e. The van der Waals surface area contributed by atoms with Crippen molar-refractivity contribution < 1.29 is 4.79 Å². The van der Waals surface area contributed by atoms with E-state index >= 15 is 0 Å². The lowest BCUT2D eigenvalue weighted by Gasteiger charge is -2.38. The minimum absolute atomic E-state index is 0.0120. The molecule has 0 radical (unpaired) electrons. The molecule has 0 aromatic carbocycles. The topological polar surface area (TPSA) is 35.6 Å². The Balaban J connectivity index is 2.24. The van der Waals surface area contributed by atoms with Crippen LogP contribution in [0.1, 0.15) is 38.9 Å². The van der Waals surface area contributed by atoms with Crippen molar-refractivity contribution in [1.82, 2.24) is 15.1 Å². The van der Waals surface area contributed by atoms with Gasteiger partial charge in [-0.25, -0.2) is 0 Å². The second-order valence-corrected chi connectivity index (χ2v) is 7.04. The Morgan fingerprint density at radius 2 is 2.15 bits per heavy atom. The molecular formula is C15H25N3OS. The second kappa shape index (κ2) is 5.84. The van der Waals surface area contributed by atoms with Gasteiger partial charge in [-0.2, -0.15) is 11.3 Å². The lowest BCUT2D eigenvalue weighted by Crippen LogP contribution is -2.49. The molecular weight excluding hydrogens is 270 g/mol. The van der Waals surface area contributed by atoms with E-state index in [1.165, 1.54) is 5.56 Å². The predicted molar refractivity (Wildman–Crippen MR) is 83.8 cm³/mol. The molecule has 112 valence electrons. The summed E-state index contributed by atoms with van der Waals surface area (Å²) in [5.74, 6) is 0.221.